The monoisotopic (exact) mass is 495 g/mol. The summed E-state index contributed by atoms with van der Waals surface area (Å²) in [4.78, 5) is 17.4. The van der Waals surface area contributed by atoms with Crippen molar-refractivity contribution in [1.82, 2.24) is 24.3 Å². The zero-order valence-electron chi connectivity index (χ0n) is 19.8. The first-order valence-corrected chi connectivity index (χ1v) is 11.8. The molecule has 35 heavy (non-hydrogen) atoms. The standard InChI is InChI=1S/C19H20N8.C6H13N.ClH/c20-8-6-14(13-4-2-1-3-5-13)25-19-23-9-7-15(26-19)16-12-24-18-17(21)22-10-11-27(16)18;7-6-4-2-1-3-5-6;/h1-5,7,9-12,14H,6,8,20H2,(H2,21,22)(H,23,25,26);6H,1-5,7H2;1H. The van der Waals surface area contributed by atoms with Crippen LogP contribution in [0.25, 0.3) is 17.0 Å². The quantitative estimate of drug-likeness (QED) is 0.314. The van der Waals surface area contributed by atoms with Crippen molar-refractivity contribution in [1.29, 1.82) is 0 Å². The topological polar surface area (TPSA) is 146 Å². The zero-order valence-corrected chi connectivity index (χ0v) is 20.6. The summed E-state index contributed by atoms with van der Waals surface area (Å²) >= 11 is 0. The molecule has 0 saturated heterocycles. The lowest BCUT2D eigenvalue weighted by molar-refractivity contribution is 0.441. The summed E-state index contributed by atoms with van der Waals surface area (Å²) < 4.78 is 1.86. The SMILES string of the molecule is Cl.NC1CCCCC1.NCCC(Nc1nccc(-c2cnc3c(N)nccn23)n1)c1ccccc1. The molecule has 10 heteroatoms. The van der Waals surface area contributed by atoms with Crippen LogP contribution in [0.15, 0.2) is 61.2 Å². The van der Waals surface area contributed by atoms with Crippen LogP contribution in [0, 0.1) is 0 Å². The van der Waals surface area contributed by atoms with E-state index in [9.17, 15) is 0 Å². The third kappa shape index (κ3) is 6.88. The van der Waals surface area contributed by atoms with Gasteiger partial charge in [0.15, 0.2) is 11.5 Å². The number of nitrogens with zero attached hydrogens (tertiary/aromatic N) is 5. The fraction of sp³-hybridized carbons (Fsp3) is 0.360. The van der Waals surface area contributed by atoms with Crippen molar-refractivity contribution in [3.05, 3.63) is 66.7 Å². The van der Waals surface area contributed by atoms with E-state index in [4.69, 9.17) is 17.2 Å². The molecule has 7 N–H and O–H groups in total. The molecule has 0 amide bonds. The van der Waals surface area contributed by atoms with Gasteiger partial charge in [-0.25, -0.2) is 19.9 Å². The Labute approximate surface area is 212 Å². The third-order valence-corrected chi connectivity index (χ3v) is 5.98. The molecular weight excluding hydrogens is 462 g/mol. The predicted molar refractivity (Wildman–Crippen MR) is 143 cm³/mol. The Kier molecular flexibility index (Phi) is 9.77. The molecule has 1 aliphatic rings. The summed E-state index contributed by atoms with van der Waals surface area (Å²) in [6.07, 6.45) is 14.3. The number of imidazole rings is 1. The van der Waals surface area contributed by atoms with E-state index in [-0.39, 0.29) is 18.4 Å². The highest BCUT2D eigenvalue weighted by Crippen LogP contribution is 2.24. The highest BCUT2D eigenvalue weighted by atomic mass is 35.5. The number of benzene rings is 1. The average Bonchev–Trinajstić information content (AvgIpc) is 3.31. The van der Waals surface area contributed by atoms with Gasteiger partial charge in [-0.3, -0.25) is 4.40 Å². The van der Waals surface area contributed by atoms with Crippen molar-refractivity contribution in [2.24, 2.45) is 11.5 Å². The van der Waals surface area contributed by atoms with Crippen molar-refractivity contribution < 1.29 is 0 Å². The first-order valence-electron chi connectivity index (χ1n) is 11.8. The molecule has 0 radical (unpaired) electrons. The molecule has 3 heterocycles. The van der Waals surface area contributed by atoms with Gasteiger partial charge in [0.05, 0.1) is 23.6 Å². The number of hydrogen-bond donors (Lipinski definition) is 4. The zero-order chi connectivity index (χ0) is 23.8. The minimum absolute atomic E-state index is 0. The number of halogens is 1. The predicted octanol–water partition coefficient (Wildman–Crippen LogP) is 3.97. The molecule has 1 saturated carbocycles. The number of nitrogens with two attached hydrogens (primary N) is 3. The largest absolute Gasteiger partial charge is 0.381 e. The number of rotatable bonds is 6. The summed E-state index contributed by atoms with van der Waals surface area (Å²) in [5.41, 5.74) is 20.6. The molecule has 1 fully saturated rings. The second kappa shape index (κ2) is 13.0. The Morgan fingerprint density at radius 2 is 1.77 bits per heavy atom. The molecule has 4 aromatic rings. The number of hydrogen-bond acceptors (Lipinski definition) is 8. The Morgan fingerprint density at radius 3 is 2.46 bits per heavy atom. The highest BCUT2D eigenvalue weighted by Gasteiger charge is 2.14. The van der Waals surface area contributed by atoms with E-state index >= 15 is 0 Å². The van der Waals surface area contributed by atoms with Crippen LogP contribution in [0.3, 0.4) is 0 Å². The van der Waals surface area contributed by atoms with E-state index in [1.54, 1.807) is 18.6 Å². The van der Waals surface area contributed by atoms with Crippen molar-refractivity contribution in [3.63, 3.8) is 0 Å². The molecule has 5 rings (SSSR count). The molecule has 3 aromatic heterocycles. The van der Waals surface area contributed by atoms with Gasteiger partial charge in [0.1, 0.15) is 0 Å². The fourth-order valence-corrected chi connectivity index (χ4v) is 4.16. The minimum Gasteiger partial charge on any atom is -0.381 e. The van der Waals surface area contributed by atoms with Gasteiger partial charge in [-0.05, 0) is 37.4 Å². The van der Waals surface area contributed by atoms with Crippen molar-refractivity contribution in [2.45, 2.75) is 50.6 Å². The maximum atomic E-state index is 5.89. The van der Waals surface area contributed by atoms with Crippen LogP contribution < -0.4 is 22.5 Å². The van der Waals surface area contributed by atoms with Crippen LogP contribution in [-0.2, 0) is 0 Å². The average molecular weight is 496 g/mol. The van der Waals surface area contributed by atoms with Gasteiger partial charge < -0.3 is 22.5 Å². The van der Waals surface area contributed by atoms with Crippen molar-refractivity contribution >= 4 is 29.8 Å². The molecule has 186 valence electrons. The van der Waals surface area contributed by atoms with E-state index in [0.717, 1.165) is 23.4 Å². The highest BCUT2D eigenvalue weighted by molar-refractivity contribution is 5.85. The van der Waals surface area contributed by atoms with Gasteiger partial charge in [0, 0.05) is 24.6 Å². The van der Waals surface area contributed by atoms with E-state index in [0.29, 0.717) is 30.0 Å². The lowest BCUT2D eigenvalue weighted by Gasteiger charge is -2.18. The minimum atomic E-state index is 0. The number of nitrogen functional groups attached to an aromatic ring is 1. The van der Waals surface area contributed by atoms with Gasteiger partial charge >= 0.3 is 0 Å². The van der Waals surface area contributed by atoms with Gasteiger partial charge in [-0.2, -0.15) is 0 Å². The molecule has 0 aliphatic heterocycles. The molecular formula is C25H34ClN9. The summed E-state index contributed by atoms with van der Waals surface area (Å²) in [6.45, 7) is 0.561. The second-order valence-corrected chi connectivity index (χ2v) is 8.50. The molecule has 0 bridgehead atoms. The third-order valence-electron chi connectivity index (χ3n) is 5.98. The van der Waals surface area contributed by atoms with E-state index in [2.05, 4.69) is 37.4 Å². The first kappa shape index (κ1) is 26.3. The van der Waals surface area contributed by atoms with Crippen LogP contribution in [0.2, 0.25) is 0 Å². The molecule has 1 aliphatic carbocycles. The maximum absolute atomic E-state index is 5.89. The summed E-state index contributed by atoms with van der Waals surface area (Å²) in [5.74, 6) is 0.912. The maximum Gasteiger partial charge on any atom is 0.223 e. The van der Waals surface area contributed by atoms with Gasteiger partial charge in [0.25, 0.3) is 0 Å². The first-order chi connectivity index (χ1) is 16.7. The lowest BCUT2D eigenvalue weighted by atomic mass is 9.97. The molecule has 1 atom stereocenters. The second-order valence-electron chi connectivity index (χ2n) is 8.50. The number of fused-ring (bicyclic) bond motifs is 1. The Bertz CT molecular complexity index is 1180. The van der Waals surface area contributed by atoms with E-state index in [1.165, 1.54) is 32.1 Å². The Hall–Kier alpha value is -3.27. The Balaban J connectivity index is 0.000000370. The number of nitrogens with one attached hydrogen (secondary N) is 1. The fourth-order valence-electron chi connectivity index (χ4n) is 4.16. The van der Waals surface area contributed by atoms with Crippen molar-refractivity contribution in [2.75, 3.05) is 17.6 Å². The van der Waals surface area contributed by atoms with Crippen LogP contribution in [0.1, 0.15) is 50.1 Å². The molecule has 9 nitrogen and oxygen atoms in total. The number of aromatic nitrogens is 5. The normalized spacial score (nSPS) is 14.5. The number of anilines is 2. The van der Waals surface area contributed by atoms with Crippen LogP contribution in [0.4, 0.5) is 11.8 Å². The Morgan fingerprint density at radius 1 is 1.00 bits per heavy atom. The smallest absolute Gasteiger partial charge is 0.223 e. The molecule has 1 unspecified atom stereocenters. The lowest BCUT2D eigenvalue weighted by Crippen LogP contribution is -2.22. The van der Waals surface area contributed by atoms with Gasteiger partial charge in [-0.1, -0.05) is 49.6 Å². The van der Waals surface area contributed by atoms with Crippen LogP contribution in [-0.4, -0.2) is 36.9 Å². The summed E-state index contributed by atoms with van der Waals surface area (Å²) in [6, 6.07) is 12.6. The van der Waals surface area contributed by atoms with Gasteiger partial charge in [-0.15, -0.1) is 12.4 Å². The molecule has 1 aromatic carbocycles. The van der Waals surface area contributed by atoms with Gasteiger partial charge in [0.2, 0.25) is 5.95 Å². The molecule has 0 spiro atoms. The van der Waals surface area contributed by atoms with Crippen LogP contribution >= 0.6 is 12.4 Å². The summed E-state index contributed by atoms with van der Waals surface area (Å²) in [7, 11) is 0. The van der Waals surface area contributed by atoms with E-state index < -0.39 is 0 Å². The van der Waals surface area contributed by atoms with Crippen molar-refractivity contribution in [3.8, 4) is 11.4 Å². The van der Waals surface area contributed by atoms with Crippen LogP contribution in [0.5, 0.6) is 0 Å². The van der Waals surface area contributed by atoms with E-state index in [1.807, 2.05) is 34.9 Å². The summed E-state index contributed by atoms with van der Waals surface area (Å²) in [5, 5.41) is 3.39.